The Hall–Kier alpha value is -1.09. The van der Waals surface area contributed by atoms with Crippen molar-refractivity contribution in [2.45, 2.75) is 33.2 Å². The van der Waals surface area contributed by atoms with Gasteiger partial charge in [0.05, 0.1) is 0 Å². The van der Waals surface area contributed by atoms with E-state index >= 15 is 0 Å². The van der Waals surface area contributed by atoms with Crippen molar-refractivity contribution in [2.24, 2.45) is 0 Å². The van der Waals surface area contributed by atoms with E-state index in [0.717, 1.165) is 5.56 Å². The second-order valence-corrected chi connectivity index (χ2v) is 4.49. The fourth-order valence-electron chi connectivity index (χ4n) is 1.65. The number of carbonyl (C=O) groups is 1. The minimum absolute atomic E-state index is 0.0229. The SMILES string of the molecule is Cc1cc(CNC(=O)CCCCl)cc(C)c1F. The summed E-state index contributed by atoms with van der Waals surface area (Å²) in [6.07, 6.45) is 1.11. The van der Waals surface area contributed by atoms with Gasteiger partial charge in [0.15, 0.2) is 0 Å². The van der Waals surface area contributed by atoms with E-state index in [-0.39, 0.29) is 11.7 Å². The fourth-order valence-corrected chi connectivity index (χ4v) is 1.79. The summed E-state index contributed by atoms with van der Waals surface area (Å²) in [6, 6.07) is 3.51. The quantitative estimate of drug-likeness (QED) is 0.807. The lowest BCUT2D eigenvalue weighted by molar-refractivity contribution is -0.121. The molecule has 0 saturated heterocycles. The van der Waals surface area contributed by atoms with Gasteiger partial charge in [-0.2, -0.15) is 0 Å². The van der Waals surface area contributed by atoms with E-state index in [1.807, 2.05) is 0 Å². The molecule has 94 valence electrons. The molecule has 0 saturated carbocycles. The second kappa shape index (κ2) is 6.60. The van der Waals surface area contributed by atoms with Crippen molar-refractivity contribution in [3.05, 3.63) is 34.6 Å². The first-order chi connectivity index (χ1) is 8.04. The van der Waals surface area contributed by atoms with Gasteiger partial charge in [-0.15, -0.1) is 11.6 Å². The van der Waals surface area contributed by atoms with E-state index in [1.54, 1.807) is 26.0 Å². The molecule has 2 nitrogen and oxygen atoms in total. The van der Waals surface area contributed by atoms with Crippen molar-refractivity contribution in [3.8, 4) is 0 Å². The summed E-state index contributed by atoms with van der Waals surface area (Å²) < 4.78 is 13.4. The molecule has 1 aromatic rings. The van der Waals surface area contributed by atoms with E-state index in [4.69, 9.17) is 11.6 Å². The smallest absolute Gasteiger partial charge is 0.220 e. The maximum absolute atomic E-state index is 13.4. The molecular formula is C13H17ClFNO. The van der Waals surface area contributed by atoms with Gasteiger partial charge in [0.1, 0.15) is 5.82 Å². The van der Waals surface area contributed by atoms with Gasteiger partial charge in [-0.1, -0.05) is 12.1 Å². The minimum atomic E-state index is -0.179. The minimum Gasteiger partial charge on any atom is -0.352 e. The number of rotatable bonds is 5. The van der Waals surface area contributed by atoms with Gasteiger partial charge < -0.3 is 5.32 Å². The third-order valence-corrected chi connectivity index (χ3v) is 2.79. The zero-order valence-electron chi connectivity index (χ0n) is 10.1. The van der Waals surface area contributed by atoms with Gasteiger partial charge in [0.2, 0.25) is 5.91 Å². The summed E-state index contributed by atoms with van der Waals surface area (Å²) in [5, 5.41) is 2.79. The van der Waals surface area contributed by atoms with Crippen LogP contribution in [-0.2, 0) is 11.3 Å². The molecule has 17 heavy (non-hydrogen) atoms. The topological polar surface area (TPSA) is 29.1 Å². The van der Waals surface area contributed by atoms with Crippen LogP contribution in [-0.4, -0.2) is 11.8 Å². The molecule has 0 unspecified atom stereocenters. The van der Waals surface area contributed by atoms with Crippen molar-refractivity contribution in [1.29, 1.82) is 0 Å². The molecule has 0 atom stereocenters. The molecule has 0 spiro atoms. The Morgan fingerprint density at radius 3 is 2.47 bits per heavy atom. The van der Waals surface area contributed by atoms with Crippen LogP contribution in [0.1, 0.15) is 29.5 Å². The molecular weight excluding hydrogens is 241 g/mol. The highest BCUT2D eigenvalue weighted by Gasteiger charge is 2.05. The summed E-state index contributed by atoms with van der Waals surface area (Å²) in [6.45, 7) is 3.88. The molecule has 0 aliphatic rings. The van der Waals surface area contributed by atoms with Gasteiger partial charge in [0.25, 0.3) is 0 Å². The molecule has 0 bridgehead atoms. The number of hydrogen-bond acceptors (Lipinski definition) is 1. The number of carbonyl (C=O) groups excluding carboxylic acids is 1. The zero-order valence-corrected chi connectivity index (χ0v) is 10.9. The van der Waals surface area contributed by atoms with E-state index in [0.29, 0.717) is 36.4 Å². The Morgan fingerprint density at radius 2 is 1.94 bits per heavy atom. The number of halogens is 2. The third kappa shape index (κ3) is 4.35. The predicted molar refractivity (Wildman–Crippen MR) is 67.7 cm³/mol. The number of benzene rings is 1. The first-order valence-electron chi connectivity index (χ1n) is 5.63. The van der Waals surface area contributed by atoms with Crippen molar-refractivity contribution in [1.82, 2.24) is 5.32 Å². The molecule has 0 aliphatic heterocycles. The summed E-state index contributed by atoms with van der Waals surface area (Å²) in [4.78, 5) is 11.4. The van der Waals surface area contributed by atoms with E-state index < -0.39 is 0 Å². The zero-order chi connectivity index (χ0) is 12.8. The normalized spacial score (nSPS) is 10.4. The molecule has 1 rings (SSSR count). The predicted octanol–water partition coefficient (Wildman–Crippen LogP) is 3.08. The fraction of sp³-hybridized carbons (Fsp3) is 0.462. The van der Waals surface area contributed by atoms with Gasteiger partial charge in [-0.25, -0.2) is 4.39 Å². The van der Waals surface area contributed by atoms with E-state index in [9.17, 15) is 9.18 Å². The first-order valence-corrected chi connectivity index (χ1v) is 6.16. The molecule has 0 fully saturated rings. The Kier molecular flexibility index (Phi) is 5.42. The van der Waals surface area contributed by atoms with Crippen molar-refractivity contribution in [2.75, 3.05) is 5.88 Å². The summed E-state index contributed by atoms with van der Waals surface area (Å²) in [5.41, 5.74) is 2.13. The monoisotopic (exact) mass is 257 g/mol. The van der Waals surface area contributed by atoms with Crippen LogP contribution >= 0.6 is 11.6 Å². The van der Waals surface area contributed by atoms with Crippen LogP contribution in [0.15, 0.2) is 12.1 Å². The Bertz CT molecular complexity index is 383. The third-order valence-electron chi connectivity index (χ3n) is 2.52. The lowest BCUT2D eigenvalue weighted by Crippen LogP contribution is -2.22. The highest BCUT2D eigenvalue weighted by Crippen LogP contribution is 2.14. The first kappa shape index (κ1) is 14.0. The maximum atomic E-state index is 13.4. The Balaban J connectivity index is 2.55. The van der Waals surface area contributed by atoms with E-state index in [2.05, 4.69) is 5.32 Å². The number of alkyl halides is 1. The number of amides is 1. The van der Waals surface area contributed by atoms with Crippen LogP contribution in [0.3, 0.4) is 0 Å². The molecule has 0 radical (unpaired) electrons. The summed E-state index contributed by atoms with van der Waals surface area (Å²) >= 11 is 5.50. The van der Waals surface area contributed by atoms with Crippen molar-refractivity contribution < 1.29 is 9.18 Å². The Morgan fingerprint density at radius 1 is 1.35 bits per heavy atom. The lowest BCUT2D eigenvalue weighted by atomic mass is 10.1. The van der Waals surface area contributed by atoms with Gasteiger partial charge in [0, 0.05) is 18.8 Å². The lowest BCUT2D eigenvalue weighted by Gasteiger charge is -2.08. The highest BCUT2D eigenvalue weighted by molar-refractivity contribution is 6.17. The molecule has 0 aromatic heterocycles. The molecule has 4 heteroatoms. The number of hydrogen-bond donors (Lipinski definition) is 1. The van der Waals surface area contributed by atoms with Crippen LogP contribution < -0.4 is 5.32 Å². The molecule has 1 amide bonds. The average Bonchev–Trinajstić information content (AvgIpc) is 2.30. The van der Waals surface area contributed by atoms with Gasteiger partial charge >= 0.3 is 0 Å². The average molecular weight is 258 g/mol. The van der Waals surface area contributed by atoms with Crippen LogP contribution in [0.4, 0.5) is 4.39 Å². The van der Waals surface area contributed by atoms with Crippen molar-refractivity contribution in [3.63, 3.8) is 0 Å². The van der Waals surface area contributed by atoms with Gasteiger partial charge in [-0.05, 0) is 37.0 Å². The molecule has 1 N–H and O–H groups in total. The van der Waals surface area contributed by atoms with Crippen LogP contribution in [0.2, 0.25) is 0 Å². The summed E-state index contributed by atoms with van der Waals surface area (Å²) in [7, 11) is 0. The largest absolute Gasteiger partial charge is 0.352 e. The van der Waals surface area contributed by atoms with Crippen LogP contribution in [0.5, 0.6) is 0 Å². The number of nitrogens with one attached hydrogen (secondary N) is 1. The molecule has 0 aliphatic carbocycles. The Labute approximate surface area is 106 Å². The number of aryl methyl sites for hydroxylation is 2. The summed E-state index contributed by atoms with van der Waals surface area (Å²) in [5.74, 6) is 0.287. The molecule has 0 heterocycles. The standard InChI is InChI=1S/C13H17ClFNO/c1-9-6-11(7-10(2)13(9)15)8-16-12(17)4-3-5-14/h6-7H,3-5,8H2,1-2H3,(H,16,17). The second-order valence-electron chi connectivity index (χ2n) is 4.11. The van der Waals surface area contributed by atoms with Crippen molar-refractivity contribution >= 4 is 17.5 Å². The van der Waals surface area contributed by atoms with Gasteiger partial charge in [-0.3, -0.25) is 4.79 Å². The molecule has 1 aromatic carbocycles. The van der Waals surface area contributed by atoms with Crippen LogP contribution in [0, 0.1) is 19.7 Å². The van der Waals surface area contributed by atoms with E-state index in [1.165, 1.54) is 0 Å². The maximum Gasteiger partial charge on any atom is 0.220 e. The highest BCUT2D eigenvalue weighted by atomic mass is 35.5. The van der Waals surface area contributed by atoms with Crippen LogP contribution in [0.25, 0.3) is 0 Å².